The number of nitrogens with one attached hydrogen (secondary N) is 3. The van der Waals surface area contributed by atoms with Gasteiger partial charge in [-0.3, -0.25) is 19.2 Å². The fourth-order valence-corrected chi connectivity index (χ4v) is 2.96. The van der Waals surface area contributed by atoms with E-state index in [0.29, 0.717) is 25.1 Å². The monoisotopic (exact) mass is 463 g/mol. The van der Waals surface area contributed by atoms with Crippen molar-refractivity contribution in [1.29, 1.82) is 0 Å². The molecule has 0 aliphatic carbocycles. The molecular formula is C18H33N5O7S. The summed E-state index contributed by atoms with van der Waals surface area (Å²) in [6, 6.07) is -4.54. The molecular weight excluding hydrogens is 430 g/mol. The first kappa shape index (κ1) is 28.6. The fraction of sp³-hybridized carbons (Fsp3) is 0.722. The molecule has 0 heterocycles. The van der Waals surface area contributed by atoms with Crippen LogP contribution in [0, 0.1) is 0 Å². The Bertz CT molecular complexity index is 634. The number of carboxylic acids is 2. The highest BCUT2D eigenvalue weighted by molar-refractivity contribution is 7.98. The predicted molar refractivity (Wildman–Crippen MR) is 115 cm³/mol. The molecule has 4 unspecified atom stereocenters. The number of aliphatic carboxylic acids is 2. The summed E-state index contributed by atoms with van der Waals surface area (Å²) in [4.78, 5) is 59.0. The number of hydrogen-bond acceptors (Lipinski definition) is 8. The van der Waals surface area contributed by atoms with E-state index in [4.69, 9.17) is 16.6 Å². The van der Waals surface area contributed by atoms with E-state index in [9.17, 15) is 29.1 Å². The van der Waals surface area contributed by atoms with Crippen LogP contribution in [0.25, 0.3) is 0 Å². The maximum Gasteiger partial charge on any atom is 0.326 e. The number of amides is 3. The Morgan fingerprint density at radius 1 is 0.903 bits per heavy atom. The number of nitrogens with two attached hydrogens (primary N) is 2. The quantitative estimate of drug-likeness (QED) is 0.128. The Kier molecular flexibility index (Phi) is 14.2. The molecule has 0 fully saturated rings. The SMILES string of the molecule is CSCCC(NC(=O)C(N)CC(=O)O)C(=O)NC(C)C(=O)NC(CCCCN)C(=O)O. The predicted octanol–water partition coefficient (Wildman–Crippen LogP) is -1.77. The number of carbonyl (C=O) groups excluding carboxylic acids is 3. The number of rotatable bonds is 16. The van der Waals surface area contributed by atoms with Crippen LogP contribution in [0.1, 0.15) is 39.0 Å². The molecule has 31 heavy (non-hydrogen) atoms. The zero-order valence-corrected chi connectivity index (χ0v) is 18.6. The Morgan fingerprint density at radius 2 is 1.52 bits per heavy atom. The van der Waals surface area contributed by atoms with Gasteiger partial charge in [0.1, 0.15) is 18.1 Å². The first-order valence-corrected chi connectivity index (χ1v) is 11.2. The molecule has 0 radical (unpaired) electrons. The second kappa shape index (κ2) is 15.4. The van der Waals surface area contributed by atoms with Crippen LogP contribution in [0.4, 0.5) is 0 Å². The second-order valence-corrected chi connectivity index (χ2v) is 7.95. The van der Waals surface area contributed by atoms with Crippen LogP contribution in [0.5, 0.6) is 0 Å². The molecule has 13 heteroatoms. The number of hydrogen-bond donors (Lipinski definition) is 7. The molecule has 9 N–H and O–H groups in total. The lowest BCUT2D eigenvalue weighted by atomic mass is 10.1. The van der Waals surface area contributed by atoms with Crippen LogP contribution in [0.2, 0.25) is 0 Å². The average Bonchev–Trinajstić information content (AvgIpc) is 2.69. The molecule has 0 aliphatic heterocycles. The van der Waals surface area contributed by atoms with Crippen LogP contribution < -0.4 is 27.4 Å². The molecule has 0 aromatic rings. The van der Waals surface area contributed by atoms with E-state index in [1.54, 1.807) is 6.26 Å². The van der Waals surface area contributed by atoms with Gasteiger partial charge in [0, 0.05) is 0 Å². The summed E-state index contributed by atoms with van der Waals surface area (Å²) >= 11 is 1.43. The Hall–Kier alpha value is -2.38. The van der Waals surface area contributed by atoms with E-state index >= 15 is 0 Å². The second-order valence-electron chi connectivity index (χ2n) is 6.96. The molecule has 0 saturated carbocycles. The van der Waals surface area contributed by atoms with Crippen molar-refractivity contribution < 1.29 is 34.2 Å². The first-order chi connectivity index (χ1) is 14.5. The van der Waals surface area contributed by atoms with Crippen LogP contribution in [-0.2, 0) is 24.0 Å². The summed E-state index contributed by atoms with van der Waals surface area (Å²) in [5.74, 6) is -4.09. The molecule has 0 spiro atoms. The van der Waals surface area contributed by atoms with E-state index in [0.717, 1.165) is 0 Å². The van der Waals surface area contributed by atoms with Gasteiger partial charge in [-0.2, -0.15) is 11.8 Å². The summed E-state index contributed by atoms with van der Waals surface area (Å²) in [7, 11) is 0. The van der Waals surface area contributed by atoms with E-state index in [-0.39, 0.29) is 12.8 Å². The molecule has 4 atom stereocenters. The number of thioether (sulfide) groups is 1. The summed E-state index contributed by atoms with van der Waals surface area (Å²) in [5.41, 5.74) is 10.9. The fourth-order valence-electron chi connectivity index (χ4n) is 2.49. The van der Waals surface area contributed by atoms with Gasteiger partial charge in [-0.1, -0.05) is 0 Å². The molecule has 0 rings (SSSR count). The van der Waals surface area contributed by atoms with Crippen molar-refractivity contribution in [2.45, 2.75) is 63.2 Å². The van der Waals surface area contributed by atoms with Crippen molar-refractivity contribution in [2.24, 2.45) is 11.5 Å². The van der Waals surface area contributed by atoms with Gasteiger partial charge in [0.25, 0.3) is 0 Å². The van der Waals surface area contributed by atoms with E-state index in [1.165, 1.54) is 18.7 Å². The maximum atomic E-state index is 12.6. The summed E-state index contributed by atoms with van der Waals surface area (Å²) in [6.07, 6.45) is 2.78. The summed E-state index contributed by atoms with van der Waals surface area (Å²) < 4.78 is 0. The van der Waals surface area contributed by atoms with Crippen molar-refractivity contribution in [3.63, 3.8) is 0 Å². The maximum absolute atomic E-state index is 12.6. The number of carboxylic acid groups (broad SMARTS) is 2. The van der Waals surface area contributed by atoms with Crippen LogP contribution >= 0.6 is 11.8 Å². The van der Waals surface area contributed by atoms with Crippen molar-refractivity contribution in [3.8, 4) is 0 Å². The molecule has 178 valence electrons. The van der Waals surface area contributed by atoms with Gasteiger partial charge in [-0.15, -0.1) is 0 Å². The zero-order chi connectivity index (χ0) is 24.0. The Labute approximate surface area is 185 Å². The van der Waals surface area contributed by atoms with Crippen molar-refractivity contribution in [1.82, 2.24) is 16.0 Å². The lowest BCUT2D eigenvalue weighted by molar-refractivity contribution is -0.142. The number of carbonyl (C=O) groups is 5. The van der Waals surface area contributed by atoms with Gasteiger partial charge in [-0.05, 0) is 51.2 Å². The lowest BCUT2D eigenvalue weighted by Gasteiger charge is -2.23. The minimum Gasteiger partial charge on any atom is -0.481 e. The molecule has 0 aromatic carbocycles. The van der Waals surface area contributed by atoms with Gasteiger partial charge in [0.2, 0.25) is 17.7 Å². The van der Waals surface area contributed by atoms with Gasteiger partial charge in [0.15, 0.2) is 0 Å². The highest BCUT2D eigenvalue weighted by Gasteiger charge is 2.28. The van der Waals surface area contributed by atoms with E-state index in [2.05, 4.69) is 16.0 Å². The van der Waals surface area contributed by atoms with Crippen molar-refractivity contribution in [3.05, 3.63) is 0 Å². The molecule has 0 saturated heterocycles. The normalized spacial score (nSPS) is 14.6. The highest BCUT2D eigenvalue weighted by Crippen LogP contribution is 2.04. The summed E-state index contributed by atoms with van der Waals surface area (Å²) in [6.45, 7) is 1.79. The van der Waals surface area contributed by atoms with Crippen molar-refractivity contribution in [2.75, 3.05) is 18.6 Å². The zero-order valence-electron chi connectivity index (χ0n) is 17.8. The lowest BCUT2D eigenvalue weighted by Crippen LogP contribution is -2.56. The standard InChI is InChI=1S/C18H33N5O7S/c1-10(15(26)23-13(18(29)30)5-3-4-7-19)21-17(28)12(6-8-31-2)22-16(27)11(20)9-14(24)25/h10-13H,3-9,19-20H2,1-2H3,(H,21,28)(H,22,27)(H,23,26)(H,24,25)(H,29,30). The topological polar surface area (TPSA) is 214 Å². The van der Waals surface area contributed by atoms with E-state index < -0.39 is 60.2 Å². The Morgan fingerprint density at radius 3 is 2.03 bits per heavy atom. The third-order valence-electron chi connectivity index (χ3n) is 4.29. The molecule has 0 aromatic heterocycles. The molecule has 3 amide bonds. The minimum absolute atomic E-state index is 0.201. The van der Waals surface area contributed by atoms with Gasteiger partial charge < -0.3 is 37.6 Å². The molecule has 0 aliphatic rings. The highest BCUT2D eigenvalue weighted by atomic mass is 32.2. The van der Waals surface area contributed by atoms with Gasteiger partial charge >= 0.3 is 11.9 Å². The minimum atomic E-state index is -1.33. The van der Waals surface area contributed by atoms with Crippen LogP contribution in [0.3, 0.4) is 0 Å². The van der Waals surface area contributed by atoms with Crippen LogP contribution in [0.15, 0.2) is 0 Å². The summed E-state index contributed by atoms with van der Waals surface area (Å²) in [5, 5.41) is 25.2. The Balaban J connectivity index is 4.97. The van der Waals surface area contributed by atoms with Crippen molar-refractivity contribution >= 4 is 41.4 Å². The van der Waals surface area contributed by atoms with Gasteiger partial charge in [0.05, 0.1) is 12.5 Å². The first-order valence-electron chi connectivity index (χ1n) is 9.83. The van der Waals surface area contributed by atoms with E-state index in [1.807, 2.05) is 0 Å². The van der Waals surface area contributed by atoms with Gasteiger partial charge in [-0.25, -0.2) is 4.79 Å². The molecule has 12 nitrogen and oxygen atoms in total. The largest absolute Gasteiger partial charge is 0.481 e. The molecule has 0 bridgehead atoms. The number of unbranched alkanes of at least 4 members (excludes halogenated alkanes) is 1. The third kappa shape index (κ3) is 12.2. The smallest absolute Gasteiger partial charge is 0.326 e. The third-order valence-corrected chi connectivity index (χ3v) is 4.93. The average molecular weight is 464 g/mol. The van der Waals surface area contributed by atoms with Crippen LogP contribution in [-0.4, -0.2) is 82.6 Å².